The molecule has 37 heavy (non-hydrogen) atoms. The van der Waals surface area contributed by atoms with Gasteiger partial charge in [-0.05, 0) is 55.7 Å². The van der Waals surface area contributed by atoms with Crippen LogP contribution in [0.15, 0.2) is 24.4 Å². The Morgan fingerprint density at radius 1 is 1.22 bits per heavy atom. The number of anilines is 2. The molecule has 1 aliphatic rings. The maximum absolute atomic E-state index is 13.7. The van der Waals surface area contributed by atoms with Gasteiger partial charge in [-0.15, -0.1) is 0 Å². The van der Waals surface area contributed by atoms with Gasteiger partial charge in [-0.25, -0.2) is 14.4 Å². The molecule has 10 heteroatoms. The van der Waals surface area contributed by atoms with Gasteiger partial charge >= 0.3 is 0 Å². The van der Waals surface area contributed by atoms with Gasteiger partial charge in [-0.1, -0.05) is 27.7 Å². The number of amides is 2. The van der Waals surface area contributed by atoms with Gasteiger partial charge in [0.15, 0.2) is 14.1 Å². The van der Waals surface area contributed by atoms with Gasteiger partial charge in [-0.2, -0.15) is 0 Å². The number of hydrogen-bond donors (Lipinski definition) is 2. The molecule has 2 heterocycles. The highest BCUT2D eigenvalue weighted by molar-refractivity contribution is 6.74. The maximum Gasteiger partial charge on any atom is 0.251 e. The first-order valence-electron chi connectivity index (χ1n) is 12.8. The predicted octanol–water partition coefficient (Wildman–Crippen LogP) is 5.22. The lowest BCUT2D eigenvalue weighted by Crippen LogP contribution is -2.48. The van der Waals surface area contributed by atoms with Crippen LogP contribution in [0.2, 0.25) is 18.1 Å². The molecule has 2 N–H and O–H groups in total. The SMILES string of the molecule is CC(=O)N1c2ccc(C(=O)NCCO[Si](C)(C)C(C)(C)C)cc2[C@H](Nc2ncc(F)c(C)n2)[C@@H](C)[C@@H]1C. The third-order valence-corrected chi connectivity index (χ3v) is 12.3. The number of aromatic nitrogens is 2. The van der Waals surface area contributed by atoms with Crippen LogP contribution in [0, 0.1) is 18.7 Å². The minimum absolute atomic E-state index is 0.0401. The van der Waals surface area contributed by atoms with Crippen molar-refractivity contribution in [2.24, 2.45) is 5.92 Å². The van der Waals surface area contributed by atoms with E-state index < -0.39 is 14.1 Å². The number of rotatable bonds is 7. The summed E-state index contributed by atoms with van der Waals surface area (Å²) in [6.45, 7) is 18.9. The van der Waals surface area contributed by atoms with E-state index in [4.69, 9.17) is 4.43 Å². The average Bonchev–Trinajstić information content (AvgIpc) is 2.80. The number of nitrogens with one attached hydrogen (secondary N) is 2. The maximum atomic E-state index is 13.7. The second kappa shape index (κ2) is 10.9. The Balaban J connectivity index is 1.85. The number of hydrogen-bond acceptors (Lipinski definition) is 6. The number of benzene rings is 1. The summed E-state index contributed by atoms with van der Waals surface area (Å²) in [6.07, 6.45) is 1.14. The molecule has 0 spiro atoms. The normalized spacial score (nSPS) is 19.8. The van der Waals surface area contributed by atoms with Crippen molar-refractivity contribution in [1.29, 1.82) is 0 Å². The lowest BCUT2D eigenvalue weighted by molar-refractivity contribution is -0.117. The first-order valence-corrected chi connectivity index (χ1v) is 15.7. The fraction of sp³-hybridized carbons (Fsp3) is 0.556. The van der Waals surface area contributed by atoms with E-state index in [2.05, 4.69) is 54.5 Å². The zero-order valence-corrected chi connectivity index (χ0v) is 24.4. The molecule has 2 aromatic rings. The number of fused-ring (bicyclic) bond motifs is 1. The molecule has 1 aromatic heterocycles. The Kier molecular flexibility index (Phi) is 8.43. The van der Waals surface area contributed by atoms with Gasteiger partial charge in [0.1, 0.15) is 0 Å². The number of carbonyl (C=O) groups is 2. The molecule has 0 unspecified atom stereocenters. The fourth-order valence-corrected chi connectivity index (χ4v) is 5.34. The fourth-order valence-electron chi connectivity index (χ4n) is 4.30. The molecule has 0 fully saturated rings. The van der Waals surface area contributed by atoms with Gasteiger partial charge in [0, 0.05) is 36.7 Å². The molecule has 202 valence electrons. The van der Waals surface area contributed by atoms with Crippen molar-refractivity contribution in [2.75, 3.05) is 23.4 Å². The summed E-state index contributed by atoms with van der Waals surface area (Å²) in [5.41, 5.74) is 2.25. The molecule has 1 aliphatic heterocycles. The van der Waals surface area contributed by atoms with E-state index in [1.807, 2.05) is 26.0 Å². The van der Waals surface area contributed by atoms with Crippen molar-refractivity contribution in [2.45, 2.75) is 78.7 Å². The summed E-state index contributed by atoms with van der Waals surface area (Å²) in [6, 6.07) is 4.95. The lowest BCUT2D eigenvalue weighted by Gasteiger charge is -2.44. The lowest BCUT2D eigenvalue weighted by atomic mass is 9.82. The first-order chi connectivity index (χ1) is 17.1. The van der Waals surface area contributed by atoms with Crippen molar-refractivity contribution in [1.82, 2.24) is 15.3 Å². The Morgan fingerprint density at radius 2 is 1.89 bits per heavy atom. The molecule has 0 bridgehead atoms. The molecule has 2 amide bonds. The standard InChI is InChI=1S/C27H40FN5O3Si/c1-16-18(3)33(19(4)34)23-11-10-20(25(35)29-12-13-36-37(8,9)27(5,6)7)14-21(23)24(16)32-26-30-15-22(28)17(2)31-26/h10-11,14-16,18,24H,12-13H2,1-9H3,(H,29,35)(H,30,31,32)/t16-,18-,24+/m0/s1. The largest absolute Gasteiger partial charge is 0.415 e. The van der Waals surface area contributed by atoms with Crippen LogP contribution in [0.3, 0.4) is 0 Å². The minimum atomic E-state index is -1.89. The molecule has 0 aliphatic carbocycles. The van der Waals surface area contributed by atoms with Crippen molar-refractivity contribution in [3.8, 4) is 0 Å². The summed E-state index contributed by atoms with van der Waals surface area (Å²) in [5, 5.41) is 6.37. The molecule has 0 radical (unpaired) electrons. The molecule has 3 rings (SSSR count). The van der Waals surface area contributed by atoms with Gasteiger partial charge in [0.2, 0.25) is 11.9 Å². The first kappa shape index (κ1) is 28.7. The van der Waals surface area contributed by atoms with E-state index >= 15 is 0 Å². The highest BCUT2D eigenvalue weighted by Crippen LogP contribution is 2.42. The molecule has 1 aromatic carbocycles. The van der Waals surface area contributed by atoms with E-state index in [-0.39, 0.29) is 40.5 Å². The van der Waals surface area contributed by atoms with Crippen LogP contribution in [0.5, 0.6) is 0 Å². The Morgan fingerprint density at radius 3 is 2.49 bits per heavy atom. The molecule has 8 nitrogen and oxygen atoms in total. The van der Waals surface area contributed by atoms with E-state index in [1.165, 1.54) is 6.92 Å². The Labute approximate surface area is 220 Å². The van der Waals surface area contributed by atoms with Gasteiger partial charge < -0.3 is 20.0 Å². The van der Waals surface area contributed by atoms with E-state index in [0.717, 1.165) is 17.4 Å². The van der Waals surface area contributed by atoms with Crippen molar-refractivity contribution in [3.05, 3.63) is 47.0 Å². The van der Waals surface area contributed by atoms with Crippen LogP contribution in [0.4, 0.5) is 16.0 Å². The monoisotopic (exact) mass is 529 g/mol. The second-order valence-electron chi connectivity index (χ2n) is 11.4. The summed E-state index contributed by atoms with van der Waals surface area (Å²) in [4.78, 5) is 35.7. The van der Waals surface area contributed by atoms with Gasteiger partial charge in [-0.3, -0.25) is 9.59 Å². The number of nitrogens with zero attached hydrogens (tertiary/aromatic N) is 3. The van der Waals surface area contributed by atoms with Crippen LogP contribution >= 0.6 is 0 Å². The number of halogens is 1. The third kappa shape index (κ3) is 6.18. The molecular weight excluding hydrogens is 489 g/mol. The third-order valence-electron chi connectivity index (χ3n) is 7.78. The van der Waals surface area contributed by atoms with Crippen molar-refractivity contribution in [3.63, 3.8) is 0 Å². The smallest absolute Gasteiger partial charge is 0.251 e. The zero-order chi connectivity index (χ0) is 27.7. The molecule has 0 saturated carbocycles. The topological polar surface area (TPSA) is 96.5 Å². The van der Waals surface area contributed by atoms with E-state index in [1.54, 1.807) is 17.9 Å². The summed E-state index contributed by atoms with van der Waals surface area (Å²) >= 11 is 0. The highest BCUT2D eigenvalue weighted by atomic mass is 28.4. The summed E-state index contributed by atoms with van der Waals surface area (Å²) in [7, 11) is -1.89. The predicted molar refractivity (Wildman–Crippen MR) is 147 cm³/mol. The van der Waals surface area contributed by atoms with Crippen LogP contribution in [0.25, 0.3) is 0 Å². The van der Waals surface area contributed by atoms with Crippen LogP contribution in [-0.2, 0) is 9.22 Å². The molecular formula is C27H40FN5O3Si. The van der Waals surface area contributed by atoms with Crippen molar-refractivity contribution < 1.29 is 18.4 Å². The number of aryl methyl sites for hydroxylation is 1. The second-order valence-corrected chi connectivity index (χ2v) is 16.2. The van der Waals surface area contributed by atoms with Crippen LogP contribution in [0.1, 0.15) is 69.2 Å². The minimum Gasteiger partial charge on any atom is -0.415 e. The van der Waals surface area contributed by atoms with E-state index in [0.29, 0.717) is 24.7 Å². The summed E-state index contributed by atoms with van der Waals surface area (Å²) < 4.78 is 19.9. The molecule has 3 atom stereocenters. The Bertz CT molecular complexity index is 1170. The van der Waals surface area contributed by atoms with Crippen molar-refractivity contribution >= 4 is 31.8 Å². The quantitative estimate of drug-likeness (QED) is 0.377. The van der Waals surface area contributed by atoms with Gasteiger partial charge in [0.05, 0.1) is 24.5 Å². The van der Waals surface area contributed by atoms with Crippen LogP contribution in [-0.4, -0.2) is 49.3 Å². The summed E-state index contributed by atoms with van der Waals surface area (Å²) in [5.74, 6) is -0.512. The van der Waals surface area contributed by atoms with Crippen LogP contribution < -0.4 is 15.5 Å². The Hall–Kier alpha value is -2.85. The highest BCUT2D eigenvalue weighted by Gasteiger charge is 2.39. The molecule has 0 saturated heterocycles. The zero-order valence-electron chi connectivity index (χ0n) is 23.4. The average molecular weight is 530 g/mol. The van der Waals surface area contributed by atoms with E-state index in [9.17, 15) is 14.0 Å². The van der Waals surface area contributed by atoms with Gasteiger partial charge in [0.25, 0.3) is 5.91 Å². The number of carbonyl (C=O) groups excluding carboxylic acids is 2.